The Morgan fingerprint density at radius 3 is 2.61 bits per heavy atom. The van der Waals surface area contributed by atoms with E-state index in [1.165, 1.54) is 11.8 Å². The summed E-state index contributed by atoms with van der Waals surface area (Å²) in [5, 5.41) is 5.57. The average molecular weight is 493 g/mol. The van der Waals surface area contributed by atoms with Gasteiger partial charge in [0.05, 0.1) is 32.0 Å². The molecule has 0 radical (unpaired) electrons. The minimum absolute atomic E-state index is 0.139. The number of thioether (sulfide) groups is 1. The van der Waals surface area contributed by atoms with Gasteiger partial charge in [-0.05, 0) is 37.3 Å². The number of halogens is 2. The number of anilines is 1. The van der Waals surface area contributed by atoms with Crippen molar-refractivity contribution in [3.8, 4) is 21.8 Å². The fourth-order valence-corrected chi connectivity index (χ4v) is 4.96. The number of benzene rings is 1. The maximum absolute atomic E-state index is 12.6. The van der Waals surface area contributed by atoms with Gasteiger partial charge in [-0.3, -0.25) is 4.79 Å². The molecule has 1 fully saturated rings. The van der Waals surface area contributed by atoms with E-state index in [2.05, 4.69) is 15.3 Å². The molecule has 0 saturated heterocycles. The first-order chi connectivity index (χ1) is 14.7. The van der Waals surface area contributed by atoms with Gasteiger partial charge in [0.15, 0.2) is 5.16 Å². The summed E-state index contributed by atoms with van der Waals surface area (Å²) < 4.78 is 0. The third-order valence-electron chi connectivity index (χ3n) is 4.84. The monoisotopic (exact) mass is 492 g/mol. The molecule has 1 aliphatic carbocycles. The zero-order valence-electron chi connectivity index (χ0n) is 17.6. The van der Waals surface area contributed by atoms with Gasteiger partial charge in [0.1, 0.15) is 0 Å². The first-order valence-electron chi connectivity index (χ1n) is 9.86. The van der Waals surface area contributed by atoms with Crippen LogP contribution in [0.4, 0.5) is 5.69 Å². The Bertz CT molecular complexity index is 1150. The summed E-state index contributed by atoms with van der Waals surface area (Å²) in [4.78, 5) is 27.4. The number of nitrogens with one attached hydrogen (secondary N) is 1. The SMILES string of the molecule is CSc1nccc(-c2sc(C3CC3)nc2-c2cc(Cl)cc(NC(=O)C(C)(C)C)c2Cl)n1. The van der Waals surface area contributed by atoms with Crippen molar-refractivity contribution in [3.63, 3.8) is 0 Å². The molecule has 2 heterocycles. The summed E-state index contributed by atoms with van der Waals surface area (Å²) in [6, 6.07) is 5.35. The van der Waals surface area contributed by atoms with Crippen molar-refractivity contribution in [2.24, 2.45) is 5.41 Å². The van der Waals surface area contributed by atoms with Crippen LogP contribution >= 0.6 is 46.3 Å². The molecule has 2 aromatic heterocycles. The summed E-state index contributed by atoms with van der Waals surface area (Å²) in [6.07, 6.45) is 5.98. The number of aromatic nitrogens is 3. The number of carbonyl (C=O) groups is 1. The van der Waals surface area contributed by atoms with Crippen molar-refractivity contribution in [3.05, 3.63) is 39.4 Å². The van der Waals surface area contributed by atoms with E-state index in [0.29, 0.717) is 32.4 Å². The smallest absolute Gasteiger partial charge is 0.229 e. The number of hydrogen-bond acceptors (Lipinski definition) is 6. The van der Waals surface area contributed by atoms with Gasteiger partial charge in [-0.25, -0.2) is 15.0 Å². The van der Waals surface area contributed by atoms with Crippen LogP contribution in [0.3, 0.4) is 0 Å². The highest BCUT2D eigenvalue weighted by atomic mass is 35.5. The summed E-state index contributed by atoms with van der Waals surface area (Å²) in [6.45, 7) is 5.54. The molecule has 1 amide bonds. The minimum atomic E-state index is -0.564. The zero-order valence-corrected chi connectivity index (χ0v) is 20.8. The Morgan fingerprint density at radius 1 is 1.23 bits per heavy atom. The van der Waals surface area contributed by atoms with Crippen LogP contribution in [0.15, 0.2) is 29.6 Å². The number of amides is 1. The molecule has 0 bridgehead atoms. The van der Waals surface area contributed by atoms with Crippen LogP contribution in [0.2, 0.25) is 10.0 Å². The zero-order chi connectivity index (χ0) is 22.3. The molecule has 1 aliphatic rings. The summed E-state index contributed by atoms with van der Waals surface area (Å²) in [7, 11) is 0. The molecule has 1 saturated carbocycles. The molecular weight excluding hydrogens is 471 g/mol. The summed E-state index contributed by atoms with van der Waals surface area (Å²) in [5.74, 6) is 0.345. The van der Waals surface area contributed by atoms with E-state index >= 15 is 0 Å². The molecule has 0 unspecified atom stereocenters. The maximum atomic E-state index is 12.6. The van der Waals surface area contributed by atoms with Crippen LogP contribution in [-0.2, 0) is 4.79 Å². The van der Waals surface area contributed by atoms with Crippen LogP contribution in [0.1, 0.15) is 44.5 Å². The van der Waals surface area contributed by atoms with Crippen molar-refractivity contribution >= 4 is 57.9 Å². The van der Waals surface area contributed by atoms with E-state index < -0.39 is 5.41 Å². The van der Waals surface area contributed by atoms with Crippen LogP contribution in [-0.4, -0.2) is 27.1 Å². The second-order valence-electron chi connectivity index (χ2n) is 8.45. The van der Waals surface area contributed by atoms with Crippen molar-refractivity contribution in [2.45, 2.75) is 44.7 Å². The van der Waals surface area contributed by atoms with Gasteiger partial charge in [0, 0.05) is 28.1 Å². The predicted octanol–water partition coefficient (Wildman–Crippen LogP) is 7.16. The molecule has 5 nitrogen and oxygen atoms in total. The van der Waals surface area contributed by atoms with Crippen LogP contribution < -0.4 is 5.32 Å². The summed E-state index contributed by atoms with van der Waals surface area (Å²) >= 11 is 16.3. The van der Waals surface area contributed by atoms with Crippen LogP contribution in [0, 0.1) is 5.41 Å². The van der Waals surface area contributed by atoms with Crippen molar-refractivity contribution in [1.29, 1.82) is 0 Å². The van der Waals surface area contributed by atoms with Gasteiger partial charge in [0.25, 0.3) is 0 Å². The number of thiazole rings is 1. The average Bonchev–Trinajstić information content (AvgIpc) is 3.48. The van der Waals surface area contributed by atoms with Gasteiger partial charge in [-0.15, -0.1) is 11.3 Å². The Morgan fingerprint density at radius 2 is 1.97 bits per heavy atom. The predicted molar refractivity (Wildman–Crippen MR) is 130 cm³/mol. The highest BCUT2D eigenvalue weighted by molar-refractivity contribution is 7.98. The van der Waals surface area contributed by atoms with E-state index in [4.69, 9.17) is 28.2 Å². The molecule has 0 atom stereocenters. The lowest BCUT2D eigenvalue weighted by atomic mass is 9.95. The van der Waals surface area contributed by atoms with E-state index in [0.717, 1.165) is 34.1 Å². The molecule has 1 aromatic carbocycles. The molecule has 9 heteroatoms. The van der Waals surface area contributed by atoms with Crippen molar-refractivity contribution in [2.75, 3.05) is 11.6 Å². The fraction of sp³-hybridized carbons (Fsp3) is 0.364. The number of rotatable bonds is 5. The minimum Gasteiger partial charge on any atom is -0.324 e. The third kappa shape index (κ3) is 4.90. The lowest BCUT2D eigenvalue weighted by Crippen LogP contribution is -2.27. The first-order valence-corrected chi connectivity index (χ1v) is 12.7. The standard InChI is InChI=1S/C22H22Cl2N4OS2/c1-22(2,3)20(29)26-15-10-12(23)9-13(16(15)24)17-18(31-19(28-17)11-5-6-11)14-7-8-25-21(27-14)30-4/h7-11H,5-6H2,1-4H3,(H,26,29). The van der Waals surface area contributed by atoms with Gasteiger partial charge in [0.2, 0.25) is 5.91 Å². The number of nitrogens with zero attached hydrogens (tertiary/aromatic N) is 3. The number of carbonyl (C=O) groups excluding carboxylic acids is 1. The Hall–Kier alpha value is -1.67. The Balaban J connectivity index is 1.85. The normalized spacial score (nSPS) is 14.0. The highest BCUT2D eigenvalue weighted by Gasteiger charge is 2.30. The Labute approximate surface area is 200 Å². The molecular formula is C22H22Cl2N4OS2. The first kappa shape index (κ1) is 22.5. The molecule has 162 valence electrons. The van der Waals surface area contributed by atoms with Crippen LogP contribution in [0.5, 0.6) is 0 Å². The second-order valence-corrected chi connectivity index (χ2v) is 11.1. The van der Waals surface area contributed by atoms with Gasteiger partial charge < -0.3 is 5.32 Å². The van der Waals surface area contributed by atoms with Gasteiger partial charge in [-0.1, -0.05) is 55.7 Å². The molecule has 0 aliphatic heterocycles. The van der Waals surface area contributed by atoms with Crippen molar-refractivity contribution < 1.29 is 4.79 Å². The fourth-order valence-electron chi connectivity index (χ4n) is 2.93. The van der Waals surface area contributed by atoms with Gasteiger partial charge in [-0.2, -0.15) is 0 Å². The Kier molecular flexibility index (Phi) is 6.32. The largest absolute Gasteiger partial charge is 0.324 e. The third-order valence-corrected chi connectivity index (χ3v) is 7.27. The number of hydrogen-bond donors (Lipinski definition) is 1. The quantitative estimate of drug-likeness (QED) is 0.302. The molecule has 4 rings (SSSR count). The lowest BCUT2D eigenvalue weighted by Gasteiger charge is -2.19. The molecule has 1 N–H and O–H groups in total. The van der Waals surface area contributed by atoms with Crippen molar-refractivity contribution in [1.82, 2.24) is 15.0 Å². The lowest BCUT2D eigenvalue weighted by molar-refractivity contribution is -0.123. The van der Waals surface area contributed by atoms with Crippen LogP contribution in [0.25, 0.3) is 21.8 Å². The maximum Gasteiger partial charge on any atom is 0.229 e. The topological polar surface area (TPSA) is 67.8 Å². The van der Waals surface area contributed by atoms with E-state index in [9.17, 15) is 4.79 Å². The molecule has 31 heavy (non-hydrogen) atoms. The van der Waals surface area contributed by atoms with Gasteiger partial charge >= 0.3 is 0 Å². The summed E-state index contributed by atoms with van der Waals surface area (Å²) in [5.41, 5.74) is 2.13. The molecule has 3 aromatic rings. The molecule has 0 spiro atoms. The highest BCUT2D eigenvalue weighted by Crippen LogP contribution is 2.49. The van der Waals surface area contributed by atoms with E-state index in [1.807, 2.05) is 33.1 Å². The second kappa shape index (κ2) is 8.70. The van der Waals surface area contributed by atoms with E-state index in [-0.39, 0.29) is 5.91 Å². The van der Waals surface area contributed by atoms with E-state index in [1.54, 1.807) is 29.7 Å².